The molecule has 1 aliphatic carbocycles. The Morgan fingerprint density at radius 1 is 1.56 bits per heavy atom. The molecule has 0 aromatic carbocycles. The van der Waals surface area contributed by atoms with E-state index in [-0.39, 0.29) is 5.25 Å². The van der Waals surface area contributed by atoms with Crippen LogP contribution in [0.4, 0.5) is 0 Å². The molecule has 94 valence electrons. The molecule has 1 fully saturated rings. The van der Waals surface area contributed by atoms with Gasteiger partial charge in [-0.25, -0.2) is 5.84 Å². The van der Waals surface area contributed by atoms with E-state index >= 15 is 0 Å². The number of guanidine groups is 1. The minimum Gasteiger partial charge on any atom is -0.353 e. The van der Waals surface area contributed by atoms with Gasteiger partial charge >= 0.3 is 0 Å². The molecule has 1 rings (SSSR count). The van der Waals surface area contributed by atoms with Crippen molar-refractivity contribution in [2.75, 3.05) is 12.8 Å². The molecule has 0 amide bonds. The maximum atomic E-state index is 11.2. The molecule has 0 bridgehead atoms. The van der Waals surface area contributed by atoms with E-state index in [4.69, 9.17) is 5.84 Å². The average molecular weight is 246 g/mol. The van der Waals surface area contributed by atoms with Gasteiger partial charge in [-0.1, -0.05) is 12.8 Å². The first-order valence-corrected chi connectivity index (χ1v) is 7.35. The van der Waals surface area contributed by atoms with Gasteiger partial charge in [-0.05, 0) is 19.8 Å². The zero-order chi connectivity index (χ0) is 12.0. The Kier molecular flexibility index (Phi) is 5.76. The molecule has 5 nitrogen and oxygen atoms in total. The summed E-state index contributed by atoms with van der Waals surface area (Å²) in [6, 6.07) is 0.484. The fourth-order valence-electron chi connectivity index (χ4n) is 1.72. The standard InChI is InChI=1S/C10H22N4OS/c1-8(16(2)15)7-12-10(14-11)13-9-5-3-4-6-9/h8-9H,3-7,11H2,1-2H3,(H2,12,13,14). The van der Waals surface area contributed by atoms with E-state index < -0.39 is 10.8 Å². The van der Waals surface area contributed by atoms with Crippen LogP contribution in [0.1, 0.15) is 32.6 Å². The lowest BCUT2D eigenvalue weighted by atomic mass is 10.2. The fraction of sp³-hybridized carbons (Fsp3) is 0.900. The van der Waals surface area contributed by atoms with E-state index in [9.17, 15) is 4.21 Å². The molecule has 2 atom stereocenters. The second-order valence-electron chi connectivity index (χ2n) is 4.27. The lowest BCUT2D eigenvalue weighted by molar-refractivity contribution is 0.614. The lowest BCUT2D eigenvalue weighted by Crippen LogP contribution is -2.46. The first-order valence-electron chi connectivity index (χ1n) is 5.73. The monoisotopic (exact) mass is 246 g/mol. The fourth-order valence-corrected chi connectivity index (χ4v) is 2.01. The summed E-state index contributed by atoms with van der Waals surface area (Å²) in [5, 5.41) is 3.34. The van der Waals surface area contributed by atoms with Crippen LogP contribution in [0.3, 0.4) is 0 Å². The number of nitrogens with two attached hydrogens (primary N) is 1. The van der Waals surface area contributed by atoms with Gasteiger partial charge in [0.15, 0.2) is 0 Å². The highest BCUT2D eigenvalue weighted by Gasteiger charge is 2.15. The molecule has 16 heavy (non-hydrogen) atoms. The summed E-state index contributed by atoms with van der Waals surface area (Å²) < 4.78 is 11.2. The van der Waals surface area contributed by atoms with Crippen molar-refractivity contribution in [1.82, 2.24) is 10.7 Å². The highest BCUT2D eigenvalue weighted by Crippen LogP contribution is 2.17. The highest BCUT2D eigenvalue weighted by molar-refractivity contribution is 7.84. The second-order valence-corrected chi connectivity index (χ2v) is 6.07. The predicted molar refractivity (Wildman–Crippen MR) is 68.5 cm³/mol. The summed E-state index contributed by atoms with van der Waals surface area (Å²) in [5.74, 6) is 6.01. The summed E-state index contributed by atoms with van der Waals surface area (Å²) in [6.07, 6.45) is 6.59. The van der Waals surface area contributed by atoms with Crippen LogP contribution < -0.4 is 16.6 Å². The Balaban J connectivity index is 2.39. The molecule has 0 aromatic heterocycles. The maximum Gasteiger partial charge on any atom is 0.205 e. The maximum absolute atomic E-state index is 11.2. The smallest absolute Gasteiger partial charge is 0.205 e. The van der Waals surface area contributed by atoms with Crippen molar-refractivity contribution in [3.63, 3.8) is 0 Å². The molecule has 6 heteroatoms. The van der Waals surface area contributed by atoms with E-state index in [1.54, 1.807) is 6.26 Å². The molecule has 1 aliphatic rings. The van der Waals surface area contributed by atoms with Crippen LogP contribution in [-0.2, 0) is 10.8 Å². The molecular formula is C10H22N4OS. The van der Waals surface area contributed by atoms with Crippen molar-refractivity contribution in [1.29, 1.82) is 0 Å². The van der Waals surface area contributed by atoms with Crippen molar-refractivity contribution in [2.45, 2.75) is 43.9 Å². The largest absolute Gasteiger partial charge is 0.353 e. The molecule has 0 saturated heterocycles. The minimum absolute atomic E-state index is 0.0636. The molecule has 0 aliphatic heterocycles. The molecule has 0 spiro atoms. The van der Waals surface area contributed by atoms with Gasteiger partial charge in [-0.15, -0.1) is 0 Å². The van der Waals surface area contributed by atoms with Crippen LogP contribution in [0.25, 0.3) is 0 Å². The number of nitrogens with one attached hydrogen (secondary N) is 2. The molecular weight excluding hydrogens is 224 g/mol. The van der Waals surface area contributed by atoms with Crippen LogP contribution in [0.2, 0.25) is 0 Å². The second kappa shape index (κ2) is 6.85. The average Bonchev–Trinajstić information content (AvgIpc) is 2.76. The Hall–Kier alpha value is -0.620. The number of hydrazine groups is 1. The van der Waals surface area contributed by atoms with Crippen molar-refractivity contribution < 1.29 is 4.21 Å². The normalized spacial score (nSPS) is 21.8. The zero-order valence-electron chi connectivity index (χ0n) is 10.0. The van der Waals surface area contributed by atoms with E-state index in [2.05, 4.69) is 15.7 Å². The Morgan fingerprint density at radius 2 is 2.19 bits per heavy atom. The van der Waals surface area contributed by atoms with Gasteiger partial charge in [0.25, 0.3) is 0 Å². The van der Waals surface area contributed by atoms with Gasteiger partial charge in [0.05, 0.1) is 11.8 Å². The first kappa shape index (κ1) is 13.4. The van der Waals surface area contributed by atoms with Gasteiger partial charge < -0.3 is 5.32 Å². The third kappa shape index (κ3) is 4.49. The number of rotatable bonds is 4. The van der Waals surface area contributed by atoms with Crippen LogP contribution >= 0.6 is 0 Å². The molecule has 4 N–H and O–H groups in total. The lowest BCUT2D eigenvalue weighted by Gasteiger charge is -2.15. The quantitative estimate of drug-likeness (QED) is 0.285. The van der Waals surface area contributed by atoms with Crippen LogP contribution in [0, 0.1) is 0 Å². The summed E-state index contributed by atoms with van der Waals surface area (Å²) in [7, 11) is -0.836. The number of nitrogens with zero attached hydrogens (tertiary/aromatic N) is 1. The van der Waals surface area contributed by atoms with Crippen LogP contribution in [0.15, 0.2) is 4.99 Å². The van der Waals surface area contributed by atoms with E-state index in [1.165, 1.54) is 25.7 Å². The van der Waals surface area contributed by atoms with Gasteiger partial charge in [0.2, 0.25) is 5.96 Å². The van der Waals surface area contributed by atoms with E-state index in [0.717, 1.165) is 0 Å². The summed E-state index contributed by atoms with van der Waals surface area (Å²) in [6.45, 7) is 2.45. The SMILES string of the molecule is CC(CN=C(NN)NC1CCCC1)S(C)=O. The van der Waals surface area contributed by atoms with E-state index in [0.29, 0.717) is 18.5 Å². The van der Waals surface area contributed by atoms with Crippen molar-refractivity contribution in [3.8, 4) is 0 Å². The van der Waals surface area contributed by atoms with Gasteiger partial charge in [0, 0.05) is 23.1 Å². The molecule has 0 heterocycles. The van der Waals surface area contributed by atoms with Crippen molar-refractivity contribution in [3.05, 3.63) is 0 Å². The molecule has 2 unspecified atom stereocenters. The topological polar surface area (TPSA) is 79.5 Å². The minimum atomic E-state index is -0.836. The Labute approximate surface area is 99.7 Å². The van der Waals surface area contributed by atoms with Crippen LogP contribution in [0.5, 0.6) is 0 Å². The van der Waals surface area contributed by atoms with Gasteiger partial charge in [-0.3, -0.25) is 14.6 Å². The van der Waals surface area contributed by atoms with Crippen molar-refractivity contribution in [2.24, 2.45) is 10.8 Å². The summed E-state index contributed by atoms with van der Waals surface area (Å²) in [4.78, 5) is 4.30. The summed E-state index contributed by atoms with van der Waals surface area (Å²) >= 11 is 0. The number of aliphatic imine (C=N–C) groups is 1. The third-order valence-corrected chi connectivity index (χ3v) is 4.19. The predicted octanol–water partition coefficient (Wildman–Crippen LogP) is 0.105. The number of hydrogen-bond acceptors (Lipinski definition) is 3. The van der Waals surface area contributed by atoms with Crippen molar-refractivity contribution >= 4 is 16.8 Å². The Bertz CT molecular complexity index is 264. The first-order chi connectivity index (χ1) is 7.63. The molecule has 1 saturated carbocycles. The number of hydrogen-bond donors (Lipinski definition) is 3. The zero-order valence-corrected chi connectivity index (χ0v) is 10.8. The highest BCUT2D eigenvalue weighted by atomic mass is 32.2. The van der Waals surface area contributed by atoms with Gasteiger partial charge in [-0.2, -0.15) is 0 Å². The molecule has 0 aromatic rings. The van der Waals surface area contributed by atoms with E-state index in [1.807, 2.05) is 6.92 Å². The summed E-state index contributed by atoms with van der Waals surface area (Å²) in [5.41, 5.74) is 2.56. The Morgan fingerprint density at radius 3 is 2.69 bits per heavy atom. The third-order valence-electron chi connectivity index (χ3n) is 2.91. The molecule has 0 radical (unpaired) electrons. The van der Waals surface area contributed by atoms with Gasteiger partial charge in [0.1, 0.15) is 0 Å². The van der Waals surface area contributed by atoms with Crippen LogP contribution in [-0.4, -0.2) is 34.3 Å².